The van der Waals surface area contributed by atoms with Crippen molar-refractivity contribution >= 4 is 40.9 Å². The Balaban J connectivity index is 3.35. The van der Waals surface area contributed by atoms with Gasteiger partial charge in [0.1, 0.15) is 0 Å². The zero-order valence-corrected chi connectivity index (χ0v) is 13.7. The number of alkyl halides is 3. The first-order chi connectivity index (χ1) is 9.32. The first-order valence-corrected chi connectivity index (χ1v) is 8.16. The van der Waals surface area contributed by atoms with Crippen LogP contribution in [0, 0.1) is 0 Å². The predicted molar refractivity (Wildman–Crippen MR) is 82.9 cm³/mol. The van der Waals surface area contributed by atoms with Crippen LogP contribution in [0.2, 0.25) is 0 Å². The molecule has 0 saturated carbocycles. The van der Waals surface area contributed by atoms with E-state index in [2.05, 4.69) is 6.92 Å². The number of benzene rings is 1. The Morgan fingerprint density at radius 3 is 2.50 bits per heavy atom. The summed E-state index contributed by atoms with van der Waals surface area (Å²) < 4.78 is 11.4. The van der Waals surface area contributed by atoms with Gasteiger partial charge in [-0.3, -0.25) is 0 Å². The van der Waals surface area contributed by atoms with Gasteiger partial charge in [-0.15, -0.1) is 11.8 Å². The summed E-state index contributed by atoms with van der Waals surface area (Å²) in [4.78, 5) is 11.8. The predicted octanol–water partition coefficient (Wildman–Crippen LogP) is 5.40. The van der Waals surface area contributed by atoms with Gasteiger partial charge in [0, 0.05) is 10.5 Å². The van der Waals surface area contributed by atoms with E-state index in [-0.39, 0.29) is 11.1 Å². The van der Waals surface area contributed by atoms with Gasteiger partial charge in [-0.25, -0.2) is 9.18 Å². The smallest absolute Gasteiger partial charge is 0.336 e. The third-order valence-corrected chi connectivity index (χ3v) is 4.55. The van der Waals surface area contributed by atoms with E-state index in [1.807, 2.05) is 6.92 Å². The maximum absolute atomic E-state index is 13.9. The standard InChI is InChI=1S/C14H17Cl2FO2S/c1-3-5-8-20-12-9(4-2)10(13(18)19)6-7-11(12)14(15,16)17/h6-7H,3-5,8H2,1-2H3,(H,18,19). The van der Waals surface area contributed by atoms with Gasteiger partial charge in [0.25, 0.3) is 4.59 Å². The van der Waals surface area contributed by atoms with E-state index in [4.69, 9.17) is 23.2 Å². The van der Waals surface area contributed by atoms with E-state index in [0.717, 1.165) is 18.6 Å². The Morgan fingerprint density at radius 1 is 1.40 bits per heavy atom. The van der Waals surface area contributed by atoms with E-state index in [1.165, 1.54) is 23.9 Å². The molecule has 0 saturated heterocycles. The van der Waals surface area contributed by atoms with Gasteiger partial charge in [-0.05, 0) is 30.2 Å². The summed E-state index contributed by atoms with van der Waals surface area (Å²) in [7, 11) is 0. The zero-order valence-electron chi connectivity index (χ0n) is 11.4. The molecule has 0 fully saturated rings. The highest BCUT2D eigenvalue weighted by Crippen LogP contribution is 2.43. The van der Waals surface area contributed by atoms with Crippen LogP contribution >= 0.6 is 35.0 Å². The second-order valence-electron chi connectivity index (χ2n) is 4.33. The summed E-state index contributed by atoms with van der Waals surface area (Å²) in [5, 5.41) is 9.22. The summed E-state index contributed by atoms with van der Waals surface area (Å²) in [6, 6.07) is 2.72. The number of thioether (sulfide) groups is 1. The van der Waals surface area contributed by atoms with Crippen molar-refractivity contribution in [1.82, 2.24) is 0 Å². The molecule has 1 N–H and O–H groups in total. The summed E-state index contributed by atoms with van der Waals surface area (Å²) >= 11 is 12.6. The summed E-state index contributed by atoms with van der Waals surface area (Å²) in [6.45, 7) is 3.89. The molecule has 0 radical (unpaired) electrons. The fraction of sp³-hybridized carbons (Fsp3) is 0.500. The van der Waals surface area contributed by atoms with Crippen molar-refractivity contribution < 1.29 is 14.3 Å². The Hall–Kier alpha value is -0.450. The van der Waals surface area contributed by atoms with Crippen molar-refractivity contribution in [3.63, 3.8) is 0 Å². The molecule has 0 aromatic heterocycles. The van der Waals surface area contributed by atoms with Gasteiger partial charge in [0.15, 0.2) is 0 Å². The quantitative estimate of drug-likeness (QED) is 0.411. The topological polar surface area (TPSA) is 37.3 Å². The van der Waals surface area contributed by atoms with Gasteiger partial charge < -0.3 is 5.11 Å². The molecule has 0 aliphatic carbocycles. The highest BCUT2D eigenvalue weighted by molar-refractivity contribution is 7.99. The van der Waals surface area contributed by atoms with Crippen molar-refractivity contribution in [2.24, 2.45) is 0 Å². The maximum atomic E-state index is 13.9. The second-order valence-corrected chi connectivity index (χ2v) is 6.67. The number of rotatable bonds is 7. The van der Waals surface area contributed by atoms with Gasteiger partial charge >= 0.3 is 5.97 Å². The largest absolute Gasteiger partial charge is 0.478 e. The van der Waals surface area contributed by atoms with Crippen molar-refractivity contribution in [3.05, 3.63) is 28.8 Å². The molecule has 2 nitrogen and oxygen atoms in total. The highest BCUT2D eigenvalue weighted by atomic mass is 35.5. The van der Waals surface area contributed by atoms with Gasteiger partial charge in [-0.2, -0.15) is 0 Å². The van der Waals surface area contributed by atoms with Crippen LogP contribution in [0.3, 0.4) is 0 Å². The second kappa shape index (κ2) is 7.53. The van der Waals surface area contributed by atoms with E-state index in [1.54, 1.807) is 0 Å². The van der Waals surface area contributed by atoms with E-state index < -0.39 is 10.6 Å². The molecule has 0 heterocycles. The van der Waals surface area contributed by atoms with Crippen LogP contribution in [-0.4, -0.2) is 16.8 Å². The van der Waals surface area contributed by atoms with Gasteiger partial charge in [-0.1, -0.05) is 49.5 Å². The molecule has 0 bridgehead atoms. The molecule has 1 rings (SSSR count). The molecule has 6 heteroatoms. The Morgan fingerprint density at radius 2 is 2.05 bits per heavy atom. The zero-order chi connectivity index (χ0) is 15.3. The maximum Gasteiger partial charge on any atom is 0.336 e. The molecular weight excluding hydrogens is 322 g/mol. The Kier molecular flexibility index (Phi) is 6.62. The molecule has 0 unspecified atom stereocenters. The number of aromatic carboxylic acids is 1. The number of hydrogen-bond donors (Lipinski definition) is 1. The van der Waals surface area contributed by atoms with Crippen LogP contribution in [0.1, 0.15) is 48.2 Å². The van der Waals surface area contributed by atoms with Crippen molar-refractivity contribution in [2.75, 3.05) is 5.75 Å². The van der Waals surface area contributed by atoms with Crippen LogP contribution in [0.15, 0.2) is 17.0 Å². The fourth-order valence-electron chi connectivity index (χ4n) is 1.89. The number of hydrogen-bond acceptors (Lipinski definition) is 2. The third kappa shape index (κ3) is 4.27. The number of unbranched alkanes of at least 4 members (excludes halogenated alkanes) is 1. The molecule has 20 heavy (non-hydrogen) atoms. The lowest BCUT2D eigenvalue weighted by molar-refractivity contribution is 0.0695. The minimum absolute atomic E-state index is 0.129. The number of carboxylic acid groups (broad SMARTS) is 1. The minimum Gasteiger partial charge on any atom is -0.478 e. The molecule has 112 valence electrons. The number of carboxylic acids is 1. The van der Waals surface area contributed by atoms with E-state index >= 15 is 0 Å². The number of carbonyl (C=O) groups is 1. The van der Waals surface area contributed by atoms with Gasteiger partial charge in [0.05, 0.1) is 5.56 Å². The molecule has 0 aliphatic rings. The first-order valence-electron chi connectivity index (χ1n) is 6.42. The molecule has 0 atom stereocenters. The molecule has 0 spiro atoms. The lowest BCUT2D eigenvalue weighted by atomic mass is 10.0. The minimum atomic E-state index is -2.52. The summed E-state index contributed by atoms with van der Waals surface area (Å²) in [5.74, 6) is -0.261. The monoisotopic (exact) mass is 338 g/mol. The Bertz CT molecular complexity index is 487. The molecule has 1 aromatic rings. The SMILES string of the molecule is CCCCSc1c(C(F)(Cl)Cl)ccc(C(=O)O)c1CC. The van der Waals surface area contributed by atoms with Crippen molar-refractivity contribution in [1.29, 1.82) is 0 Å². The van der Waals surface area contributed by atoms with Gasteiger partial charge in [0.2, 0.25) is 0 Å². The fourth-order valence-corrected chi connectivity index (χ4v) is 3.74. The number of halogens is 3. The first kappa shape index (κ1) is 17.6. The summed E-state index contributed by atoms with van der Waals surface area (Å²) in [6.07, 6.45) is 2.44. The normalized spacial score (nSPS) is 11.7. The molecule has 0 amide bonds. The van der Waals surface area contributed by atoms with Crippen LogP contribution in [0.4, 0.5) is 4.39 Å². The molecular formula is C14H17Cl2FO2S. The molecule has 0 aliphatic heterocycles. The molecule has 1 aromatic carbocycles. The third-order valence-electron chi connectivity index (χ3n) is 2.89. The summed E-state index contributed by atoms with van der Waals surface area (Å²) in [5.41, 5.74) is 0.885. The van der Waals surface area contributed by atoms with Crippen LogP contribution in [0.25, 0.3) is 0 Å². The van der Waals surface area contributed by atoms with E-state index in [9.17, 15) is 14.3 Å². The van der Waals surface area contributed by atoms with E-state index in [0.29, 0.717) is 16.9 Å². The van der Waals surface area contributed by atoms with Crippen LogP contribution in [-0.2, 0) is 11.0 Å². The highest BCUT2D eigenvalue weighted by Gasteiger charge is 2.31. The lowest BCUT2D eigenvalue weighted by Gasteiger charge is -2.19. The average Bonchev–Trinajstić information content (AvgIpc) is 2.36. The van der Waals surface area contributed by atoms with Crippen molar-refractivity contribution in [2.45, 2.75) is 42.6 Å². The Labute approximate surface area is 132 Å². The van der Waals surface area contributed by atoms with Crippen LogP contribution in [0.5, 0.6) is 0 Å². The van der Waals surface area contributed by atoms with Crippen LogP contribution < -0.4 is 0 Å². The van der Waals surface area contributed by atoms with Crippen molar-refractivity contribution in [3.8, 4) is 0 Å². The lowest BCUT2D eigenvalue weighted by Crippen LogP contribution is -2.11. The average molecular weight is 339 g/mol.